The molecular formula is C17H18N2O2. The summed E-state index contributed by atoms with van der Waals surface area (Å²) in [5.74, 6) is 1.36. The van der Waals surface area contributed by atoms with E-state index in [4.69, 9.17) is 4.74 Å². The van der Waals surface area contributed by atoms with E-state index in [1.807, 2.05) is 35.4 Å². The largest absolute Gasteiger partial charge is 0.496 e. The number of ether oxygens (including phenoxy) is 1. The average molecular weight is 282 g/mol. The highest BCUT2D eigenvalue weighted by atomic mass is 16.5. The molecule has 0 radical (unpaired) electrons. The van der Waals surface area contributed by atoms with Crippen molar-refractivity contribution in [2.45, 2.75) is 13.8 Å². The number of H-pyrrole nitrogens is 1. The van der Waals surface area contributed by atoms with Crippen LogP contribution < -0.4 is 4.74 Å². The number of nitrogens with one attached hydrogen (secondary N) is 1. The molecule has 1 aliphatic carbocycles. The van der Waals surface area contributed by atoms with E-state index in [1.54, 1.807) is 7.11 Å². The van der Waals surface area contributed by atoms with Gasteiger partial charge < -0.3 is 14.6 Å². The lowest BCUT2D eigenvalue weighted by Gasteiger charge is -2.17. The van der Waals surface area contributed by atoms with E-state index in [2.05, 4.69) is 18.8 Å². The summed E-state index contributed by atoms with van der Waals surface area (Å²) in [4.78, 5) is 17.6. The predicted octanol–water partition coefficient (Wildman–Crippen LogP) is 3.17. The zero-order chi connectivity index (χ0) is 14.8. The van der Waals surface area contributed by atoms with E-state index in [9.17, 15) is 4.79 Å². The lowest BCUT2D eigenvalue weighted by Crippen LogP contribution is -2.27. The number of benzene rings is 1. The number of carbonyl (C=O) groups is 1. The summed E-state index contributed by atoms with van der Waals surface area (Å²) < 4.78 is 5.34. The van der Waals surface area contributed by atoms with Crippen molar-refractivity contribution in [3.05, 3.63) is 41.7 Å². The number of aromatic nitrogens is 1. The molecule has 0 saturated heterocycles. The van der Waals surface area contributed by atoms with Gasteiger partial charge in [-0.3, -0.25) is 4.79 Å². The molecule has 2 heterocycles. The molecule has 0 spiro atoms. The quantitative estimate of drug-likeness (QED) is 0.919. The third-order valence-corrected chi connectivity index (χ3v) is 4.92. The van der Waals surface area contributed by atoms with Crippen LogP contribution >= 0.6 is 0 Å². The minimum Gasteiger partial charge on any atom is -0.496 e. The second-order valence-electron chi connectivity index (χ2n) is 6.42. The van der Waals surface area contributed by atoms with E-state index in [0.29, 0.717) is 17.0 Å². The minimum atomic E-state index is 0.0313. The molecule has 1 atom stereocenters. The molecule has 2 aromatic rings. The topological polar surface area (TPSA) is 45.3 Å². The Morgan fingerprint density at radius 2 is 2.24 bits per heavy atom. The third-order valence-electron chi connectivity index (χ3n) is 4.92. The highest BCUT2D eigenvalue weighted by molar-refractivity contribution is 6.00. The van der Waals surface area contributed by atoms with Crippen LogP contribution in [0.5, 0.6) is 5.75 Å². The summed E-state index contributed by atoms with van der Waals surface area (Å²) in [6.07, 6.45) is 2.02. The van der Waals surface area contributed by atoms with Crippen LogP contribution in [0.15, 0.2) is 36.0 Å². The van der Waals surface area contributed by atoms with Crippen LogP contribution in [0.25, 0.3) is 10.9 Å². The fraction of sp³-hybridized carbons (Fsp3) is 0.353. The van der Waals surface area contributed by atoms with Crippen molar-refractivity contribution >= 4 is 16.8 Å². The van der Waals surface area contributed by atoms with E-state index in [0.717, 1.165) is 23.2 Å². The lowest BCUT2D eigenvalue weighted by atomic mass is 10.1. The summed E-state index contributed by atoms with van der Waals surface area (Å²) in [6, 6.07) is 7.66. The molecule has 108 valence electrons. The first kappa shape index (κ1) is 12.5. The smallest absolute Gasteiger partial charge is 0.274 e. The molecule has 0 unspecified atom stereocenters. The van der Waals surface area contributed by atoms with Gasteiger partial charge in [0.15, 0.2) is 0 Å². The van der Waals surface area contributed by atoms with E-state index >= 15 is 0 Å². The zero-order valence-electron chi connectivity index (χ0n) is 12.4. The van der Waals surface area contributed by atoms with Gasteiger partial charge in [-0.1, -0.05) is 19.9 Å². The Labute approximate surface area is 123 Å². The highest BCUT2D eigenvalue weighted by Crippen LogP contribution is 2.61. The van der Waals surface area contributed by atoms with Gasteiger partial charge in [0.25, 0.3) is 5.91 Å². The highest BCUT2D eigenvalue weighted by Gasteiger charge is 2.56. The zero-order valence-corrected chi connectivity index (χ0v) is 12.4. The molecule has 4 nitrogen and oxygen atoms in total. The Morgan fingerprint density at radius 3 is 2.90 bits per heavy atom. The summed E-state index contributed by atoms with van der Waals surface area (Å²) in [7, 11) is 1.64. The molecule has 4 heteroatoms. The van der Waals surface area contributed by atoms with Gasteiger partial charge >= 0.3 is 0 Å². The summed E-state index contributed by atoms with van der Waals surface area (Å²) >= 11 is 0. The first-order chi connectivity index (χ1) is 10.0. The Morgan fingerprint density at radius 1 is 1.43 bits per heavy atom. The van der Waals surface area contributed by atoms with Crippen molar-refractivity contribution in [3.8, 4) is 5.75 Å². The van der Waals surface area contributed by atoms with Crippen LogP contribution in [0.1, 0.15) is 24.3 Å². The van der Waals surface area contributed by atoms with Crippen molar-refractivity contribution in [2.24, 2.45) is 11.3 Å². The second-order valence-corrected chi connectivity index (χ2v) is 6.42. The van der Waals surface area contributed by atoms with Crippen molar-refractivity contribution in [1.82, 2.24) is 9.88 Å². The first-order valence-electron chi connectivity index (χ1n) is 7.21. The maximum absolute atomic E-state index is 12.6. The van der Waals surface area contributed by atoms with Crippen LogP contribution in [0.4, 0.5) is 0 Å². The van der Waals surface area contributed by atoms with E-state index < -0.39 is 0 Å². The van der Waals surface area contributed by atoms with E-state index in [-0.39, 0.29) is 5.91 Å². The molecule has 1 aliphatic heterocycles. The van der Waals surface area contributed by atoms with Gasteiger partial charge in [0, 0.05) is 29.6 Å². The number of methoxy groups -OCH3 is 1. The van der Waals surface area contributed by atoms with Gasteiger partial charge in [0.05, 0.1) is 7.11 Å². The number of amides is 1. The minimum absolute atomic E-state index is 0.0313. The molecule has 0 bridgehead atoms. The molecular weight excluding hydrogens is 264 g/mol. The number of fused-ring (bicyclic) bond motifs is 2. The van der Waals surface area contributed by atoms with Crippen LogP contribution in [-0.2, 0) is 0 Å². The van der Waals surface area contributed by atoms with Gasteiger partial charge in [-0.2, -0.15) is 0 Å². The lowest BCUT2D eigenvalue weighted by molar-refractivity contribution is 0.0814. The average Bonchev–Trinajstić information content (AvgIpc) is 2.92. The molecule has 1 aromatic carbocycles. The summed E-state index contributed by atoms with van der Waals surface area (Å²) in [5, 5.41) is 0.945. The number of carbonyl (C=O) groups excluding carboxylic acids is 1. The number of nitrogens with zero attached hydrogens (tertiary/aromatic N) is 1. The molecule has 1 amide bonds. The number of hydrogen-bond donors (Lipinski definition) is 1. The number of hydrogen-bond acceptors (Lipinski definition) is 2. The summed E-state index contributed by atoms with van der Waals surface area (Å²) in [6.45, 7) is 5.27. The fourth-order valence-electron chi connectivity index (χ4n) is 3.39. The van der Waals surface area contributed by atoms with Crippen LogP contribution in [-0.4, -0.2) is 29.4 Å². The molecule has 21 heavy (non-hydrogen) atoms. The van der Waals surface area contributed by atoms with Gasteiger partial charge in [-0.05, 0) is 29.2 Å². The van der Waals surface area contributed by atoms with Crippen molar-refractivity contribution < 1.29 is 9.53 Å². The predicted molar refractivity (Wildman–Crippen MR) is 81.2 cm³/mol. The summed E-state index contributed by atoms with van der Waals surface area (Å²) in [5.41, 5.74) is 3.23. The van der Waals surface area contributed by atoms with Crippen LogP contribution in [0.3, 0.4) is 0 Å². The molecule has 1 saturated carbocycles. The first-order valence-corrected chi connectivity index (χ1v) is 7.21. The Bertz CT molecular complexity index is 785. The standard InChI is InChI=1S/C17H18N2O2/c1-17(2)11-8-19(9-12(11)17)16(20)14-7-10-13(18-14)5-4-6-15(10)21-3/h4-8,12,18H,9H2,1-3H3/t12-/m0/s1. The number of aromatic amines is 1. The van der Waals surface area contributed by atoms with E-state index in [1.165, 1.54) is 5.57 Å². The molecule has 1 N–H and O–H groups in total. The molecule has 1 fully saturated rings. The maximum Gasteiger partial charge on any atom is 0.274 e. The second kappa shape index (κ2) is 3.91. The van der Waals surface area contributed by atoms with Crippen LogP contribution in [0.2, 0.25) is 0 Å². The maximum atomic E-state index is 12.6. The Balaban J connectivity index is 1.67. The Hall–Kier alpha value is -2.23. The number of rotatable bonds is 2. The molecule has 2 aliphatic rings. The van der Waals surface area contributed by atoms with Gasteiger partial charge in [0.2, 0.25) is 0 Å². The van der Waals surface area contributed by atoms with Gasteiger partial charge in [-0.25, -0.2) is 0 Å². The Kier molecular flexibility index (Phi) is 2.33. The van der Waals surface area contributed by atoms with Gasteiger partial charge in [-0.15, -0.1) is 0 Å². The van der Waals surface area contributed by atoms with Crippen molar-refractivity contribution in [1.29, 1.82) is 0 Å². The van der Waals surface area contributed by atoms with Crippen molar-refractivity contribution in [2.75, 3.05) is 13.7 Å². The van der Waals surface area contributed by atoms with Gasteiger partial charge in [0.1, 0.15) is 11.4 Å². The SMILES string of the molecule is COc1cccc2[nH]c(C(=O)N3C=C4[C@H](C3)C4(C)C)cc12. The third kappa shape index (κ3) is 1.65. The van der Waals surface area contributed by atoms with Crippen molar-refractivity contribution in [3.63, 3.8) is 0 Å². The molecule has 4 rings (SSSR count). The normalized spacial score (nSPS) is 22.1. The molecule has 1 aromatic heterocycles. The monoisotopic (exact) mass is 282 g/mol. The van der Waals surface area contributed by atoms with Crippen LogP contribution in [0, 0.1) is 11.3 Å². The fourth-order valence-corrected chi connectivity index (χ4v) is 3.39.